The van der Waals surface area contributed by atoms with Crippen LogP contribution in [0.25, 0.3) is 0 Å². The van der Waals surface area contributed by atoms with Gasteiger partial charge in [0.2, 0.25) is 0 Å². The topological polar surface area (TPSA) is 141 Å². The number of esters is 2. The molecule has 0 aromatic rings. The molecule has 3 rings (SSSR count). The van der Waals surface area contributed by atoms with Crippen LogP contribution in [0.4, 0.5) is 0 Å². The summed E-state index contributed by atoms with van der Waals surface area (Å²) in [5, 5.41) is 11.5. The van der Waals surface area contributed by atoms with E-state index in [1.807, 2.05) is 60.5 Å². The Morgan fingerprint density at radius 3 is 2.41 bits per heavy atom. The molecular weight excluding hydrogens is 594 g/mol. The molecule has 0 radical (unpaired) electrons. The van der Waals surface area contributed by atoms with E-state index >= 15 is 0 Å². The third-order valence-electron chi connectivity index (χ3n) is 9.99. The number of hydrogen-bond acceptors (Lipinski definition) is 11. The van der Waals surface area contributed by atoms with Crippen LogP contribution in [0.1, 0.15) is 93.4 Å². The lowest BCUT2D eigenvalue weighted by Crippen LogP contribution is -2.57. The first-order valence-electron chi connectivity index (χ1n) is 17.0. The van der Waals surface area contributed by atoms with Crippen molar-refractivity contribution >= 4 is 24.0 Å². The lowest BCUT2D eigenvalue weighted by atomic mass is 9.79. The van der Waals surface area contributed by atoms with Crippen LogP contribution in [0.5, 0.6) is 0 Å². The second kappa shape index (κ2) is 16.8. The van der Waals surface area contributed by atoms with Gasteiger partial charge in [-0.1, -0.05) is 34.6 Å². The van der Waals surface area contributed by atoms with Crippen LogP contribution in [0.3, 0.4) is 0 Å². The molecule has 262 valence electrons. The molecule has 11 nitrogen and oxygen atoms in total. The van der Waals surface area contributed by atoms with Crippen molar-refractivity contribution in [2.24, 2.45) is 23.7 Å². The van der Waals surface area contributed by atoms with Crippen molar-refractivity contribution < 1.29 is 48.0 Å². The van der Waals surface area contributed by atoms with Gasteiger partial charge in [0.1, 0.15) is 18.0 Å². The Kier molecular flexibility index (Phi) is 14.0. The Bertz CT molecular complexity index is 1080. The summed E-state index contributed by atoms with van der Waals surface area (Å²) in [6.07, 6.45) is 1.45. The maximum Gasteiger partial charge on any atom is 0.308 e. The minimum atomic E-state index is -1.19. The number of cyclic esters (lactones) is 1. The highest BCUT2D eigenvalue weighted by Gasteiger charge is 2.55. The van der Waals surface area contributed by atoms with Gasteiger partial charge < -0.3 is 38.5 Å². The van der Waals surface area contributed by atoms with Crippen molar-refractivity contribution in [2.75, 3.05) is 14.1 Å². The molecule has 0 bridgehead atoms. The molecule has 13 atom stereocenters. The van der Waals surface area contributed by atoms with E-state index in [9.17, 15) is 24.3 Å². The number of carbonyl (C=O) groups excluding carboxylic acids is 4. The van der Waals surface area contributed by atoms with E-state index in [1.165, 1.54) is 0 Å². The monoisotopic (exact) mass is 651 g/mol. The van der Waals surface area contributed by atoms with Gasteiger partial charge >= 0.3 is 11.9 Å². The average molecular weight is 652 g/mol. The molecule has 46 heavy (non-hydrogen) atoms. The predicted octanol–water partition coefficient (Wildman–Crippen LogP) is 4.02. The molecule has 13 unspecified atom stereocenters. The van der Waals surface area contributed by atoms with Gasteiger partial charge in [-0.05, 0) is 71.7 Å². The quantitative estimate of drug-likeness (QED) is 0.220. The summed E-state index contributed by atoms with van der Waals surface area (Å²) in [5.74, 6) is -2.83. The number of hydrogen-bond donors (Lipinski definition) is 1. The Morgan fingerprint density at radius 1 is 1.11 bits per heavy atom. The van der Waals surface area contributed by atoms with Crippen LogP contribution in [-0.4, -0.2) is 103 Å². The maximum atomic E-state index is 13.4. The van der Waals surface area contributed by atoms with Gasteiger partial charge in [0.05, 0.1) is 36.9 Å². The first-order valence-corrected chi connectivity index (χ1v) is 17.0. The lowest BCUT2D eigenvalue weighted by molar-refractivity contribution is -0.287. The Balaban J connectivity index is 2.01. The first-order chi connectivity index (χ1) is 21.6. The number of ether oxygens (including phenoxy) is 5. The summed E-state index contributed by atoms with van der Waals surface area (Å²) in [6, 6.07) is -0.214. The summed E-state index contributed by atoms with van der Waals surface area (Å²) < 4.78 is 30.8. The van der Waals surface area contributed by atoms with Crippen molar-refractivity contribution in [1.82, 2.24) is 4.90 Å². The van der Waals surface area contributed by atoms with E-state index in [0.717, 1.165) is 6.29 Å². The molecule has 2 fully saturated rings. The smallest absolute Gasteiger partial charge is 0.308 e. The van der Waals surface area contributed by atoms with Crippen molar-refractivity contribution in [3.63, 3.8) is 0 Å². The van der Waals surface area contributed by atoms with Crippen LogP contribution in [0.15, 0.2) is 12.2 Å². The number of rotatable bonds is 9. The second-order valence-corrected chi connectivity index (χ2v) is 14.1. The van der Waals surface area contributed by atoms with Gasteiger partial charge in [-0.25, -0.2) is 0 Å². The fourth-order valence-corrected chi connectivity index (χ4v) is 7.02. The van der Waals surface area contributed by atoms with Gasteiger partial charge in [-0.15, -0.1) is 0 Å². The van der Waals surface area contributed by atoms with E-state index < -0.39 is 60.0 Å². The normalized spacial score (nSPS) is 41.7. The van der Waals surface area contributed by atoms with Crippen molar-refractivity contribution in [3.8, 4) is 0 Å². The van der Waals surface area contributed by atoms with Gasteiger partial charge in [0.15, 0.2) is 18.2 Å². The molecular formula is C35H57NO10. The minimum absolute atomic E-state index is 0.0471. The van der Waals surface area contributed by atoms with Crippen LogP contribution < -0.4 is 0 Å². The summed E-state index contributed by atoms with van der Waals surface area (Å²) >= 11 is 0. The fraction of sp³-hybridized carbons (Fsp3) is 0.829. The number of aliphatic hydroxyl groups excluding tert-OH is 1. The Morgan fingerprint density at radius 2 is 1.80 bits per heavy atom. The zero-order valence-electron chi connectivity index (χ0n) is 29.2. The number of aldehydes is 1. The van der Waals surface area contributed by atoms with Crippen molar-refractivity contribution in [1.29, 1.82) is 0 Å². The van der Waals surface area contributed by atoms with E-state index in [4.69, 9.17) is 23.7 Å². The predicted molar refractivity (Wildman–Crippen MR) is 171 cm³/mol. The standard InChI is InChI=1S/C35H57NO10/c1-10-12-29(40)44-32-25(36(8)9)18-21(4)42-34(32)45-31-22(5)27(39)19-30(41)43-28(11-2)23(6)33-35(7,46-33)15-13-26(38)20(3)17-24(31)14-16-37/h13,15-16,20-25,27-28,31-34,39H,10-12,14,17-19H2,1-9H3/b15-13+. The number of carbonyl (C=O) groups is 4. The van der Waals surface area contributed by atoms with Crippen molar-refractivity contribution in [2.45, 2.75) is 148 Å². The van der Waals surface area contributed by atoms with Gasteiger partial charge in [-0.3, -0.25) is 14.4 Å². The van der Waals surface area contributed by atoms with Crippen LogP contribution >= 0.6 is 0 Å². The van der Waals surface area contributed by atoms with Gasteiger partial charge in [0, 0.05) is 30.6 Å². The molecule has 0 spiro atoms. The molecule has 3 aliphatic heterocycles. The summed E-state index contributed by atoms with van der Waals surface area (Å²) in [4.78, 5) is 53.3. The highest BCUT2D eigenvalue weighted by Crippen LogP contribution is 2.45. The van der Waals surface area contributed by atoms with Crippen LogP contribution in [0.2, 0.25) is 0 Å². The summed E-state index contributed by atoms with van der Waals surface area (Å²) in [5.41, 5.74) is -0.657. The number of aliphatic hydroxyl groups is 1. The molecule has 0 aromatic heterocycles. The molecule has 0 aromatic carbocycles. The van der Waals surface area contributed by atoms with Gasteiger partial charge in [0.25, 0.3) is 0 Å². The number of fused-ring (bicyclic) bond motifs is 1. The number of epoxide rings is 1. The summed E-state index contributed by atoms with van der Waals surface area (Å²) in [6.45, 7) is 13.2. The number of allylic oxidation sites excluding steroid dienone is 1. The molecule has 0 amide bonds. The SMILES string of the molecule is CCCC(=O)OC1C(OC2C(CC=O)CC(C)C(=O)/C=C/C3(C)OC3C(C)C(CC)OC(=O)CC(O)C2C)OC(C)CC1N(C)C. The highest BCUT2D eigenvalue weighted by atomic mass is 16.7. The van der Waals surface area contributed by atoms with Gasteiger partial charge in [-0.2, -0.15) is 0 Å². The largest absolute Gasteiger partial charge is 0.462 e. The number of nitrogens with zero attached hydrogens (tertiary/aromatic N) is 1. The molecule has 3 heterocycles. The molecule has 0 aliphatic carbocycles. The fourth-order valence-electron chi connectivity index (χ4n) is 7.02. The second-order valence-electron chi connectivity index (χ2n) is 14.1. The molecule has 0 saturated carbocycles. The van der Waals surface area contributed by atoms with E-state index in [1.54, 1.807) is 19.1 Å². The maximum absolute atomic E-state index is 13.4. The van der Waals surface area contributed by atoms with Crippen LogP contribution in [-0.2, 0) is 42.9 Å². The zero-order valence-corrected chi connectivity index (χ0v) is 29.2. The van der Waals surface area contributed by atoms with Crippen molar-refractivity contribution in [3.05, 3.63) is 12.2 Å². The molecule has 11 heteroatoms. The van der Waals surface area contributed by atoms with E-state index in [2.05, 4.69) is 0 Å². The lowest BCUT2D eigenvalue weighted by Gasteiger charge is -2.45. The summed E-state index contributed by atoms with van der Waals surface area (Å²) in [7, 11) is 3.81. The Hall–Kier alpha value is -2.18. The average Bonchev–Trinajstić information content (AvgIpc) is 3.68. The number of ketones is 1. The van der Waals surface area contributed by atoms with E-state index in [0.29, 0.717) is 19.3 Å². The highest BCUT2D eigenvalue weighted by molar-refractivity contribution is 5.91. The molecule has 2 saturated heterocycles. The Labute approximate surface area is 274 Å². The third kappa shape index (κ3) is 9.69. The van der Waals surface area contributed by atoms with E-state index in [-0.39, 0.29) is 61.6 Å². The molecule has 3 aliphatic rings. The molecule has 1 N–H and O–H groups in total. The third-order valence-corrected chi connectivity index (χ3v) is 9.99. The minimum Gasteiger partial charge on any atom is -0.462 e. The number of likely N-dealkylation sites (N-methyl/N-ethyl adjacent to an activating group) is 1. The van der Waals surface area contributed by atoms with Crippen LogP contribution in [0, 0.1) is 23.7 Å². The first kappa shape index (κ1) is 38.3. The zero-order chi connectivity index (χ0) is 34.3.